The van der Waals surface area contributed by atoms with Gasteiger partial charge in [0, 0.05) is 24.4 Å². The highest BCUT2D eigenvalue weighted by Gasteiger charge is 2.19. The number of aromatic nitrogens is 1. The van der Waals surface area contributed by atoms with Crippen LogP contribution in [0.4, 0.5) is 5.69 Å². The Balaban J connectivity index is 0.00000145. The summed E-state index contributed by atoms with van der Waals surface area (Å²) in [6, 6.07) is 9.27. The first-order chi connectivity index (χ1) is 17.9. The molecule has 1 heterocycles. The van der Waals surface area contributed by atoms with E-state index in [1.165, 1.54) is 0 Å². The van der Waals surface area contributed by atoms with Crippen molar-refractivity contribution in [3.05, 3.63) is 52.1 Å². The van der Waals surface area contributed by atoms with E-state index in [0.717, 1.165) is 35.0 Å². The third kappa shape index (κ3) is 10.5. The highest BCUT2D eigenvalue weighted by atomic mass is 35.5. The zero-order valence-corrected chi connectivity index (χ0v) is 22.8. The summed E-state index contributed by atoms with van der Waals surface area (Å²) < 4.78 is 11.9. The fourth-order valence-corrected chi connectivity index (χ4v) is 3.51. The first-order valence-electron chi connectivity index (χ1n) is 11.2. The van der Waals surface area contributed by atoms with Crippen LogP contribution in [0.25, 0.3) is 10.9 Å². The van der Waals surface area contributed by atoms with E-state index in [1.807, 2.05) is 32.6 Å². The van der Waals surface area contributed by atoms with Crippen LogP contribution in [0.2, 0.25) is 10.0 Å². The average Bonchev–Trinajstić information content (AvgIpc) is 2.93. The van der Waals surface area contributed by atoms with E-state index in [-0.39, 0.29) is 19.3 Å². The number of hydrogen-bond donors (Lipinski definition) is 4. The van der Waals surface area contributed by atoms with Crippen LogP contribution in [0.5, 0.6) is 17.2 Å². The monoisotopic (exact) mass is 555 g/mol. The second kappa shape index (κ2) is 19.2. The number of benzene rings is 2. The molecule has 0 bridgehead atoms. The summed E-state index contributed by atoms with van der Waals surface area (Å²) in [6.45, 7) is 8.57. The van der Waals surface area contributed by atoms with Gasteiger partial charge in [0.2, 0.25) is 0 Å². The number of carbonyl (C=O) groups excluding carboxylic acids is 2. The van der Waals surface area contributed by atoms with Gasteiger partial charge in [-0.05, 0) is 57.0 Å². The van der Waals surface area contributed by atoms with Crippen molar-refractivity contribution in [2.24, 2.45) is 5.73 Å². The zero-order chi connectivity index (χ0) is 28.4. The van der Waals surface area contributed by atoms with Gasteiger partial charge in [-0.3, -0.25) is 4.98 Å². The predicted octanol–water partition coefficient (Wildman–Crippen LogP) is 4.79. The molecule has 204 valence electrons. The standard InChI is InChI=1S/C22H25Cl2N3O2.C2H6O2.2CH2O/c1-13-8-10-26-21-18(27-14(2)5-4-9-25)12-19(28-3)22(20(13)21)29-15-6-7-16(23)17(24)11-15;3-1-2-4;2*1-2/h6-8,10-12,14,27H,4-5,9,25H2,1-3H3;3-4H,1-2H2;2*1H2. The van der Waals surface area contributed by atoms with Gasteiger partial charge in [-0.15, -0.1) is 0 Å². The molecule has 0 aliphatic carbocycles. The largest absolute Gasteiger partial charge is 0.493 e. The van der Waals surface area contributed by atoms with Crippen LogP contribution >= 0.6 is 23.2 Å². The van der Waals surface area contributed by atoms with Crippen molar-refractivity contribution in [1.29, 1.82) is 0 Å². The first-order valence-corrected chi connectivity index (χ1v) is 12.0. The summed E-state index contributed by atoms with van der Waals surface area (Å²) in [5, 5.41) is 20.6. The summed E-state index contributed by atoms with van der Waals surface area (Å²) in [5.74, 6) is 1.76. The van der Waals surface area contributed by atoms with Crippen LogP contribution in [0.3, 0.4) is 0 Å². The van der Waals surface area contributed by atoms with E-state index < -0.39 is 0 Å². The molecule has 5 N–H and O–H groups in total. The van der Waals surface area contributed by atoms with Gasteiger partial charge < -0.3 is 40.3 Å². The zero-order valence-electron chi connectivity index (χ0n) is 21.3. The number of rotatable bonds is 9. The molecule has 1 unspecified atom stereocenters. The smallest absolute Gasteiger partial charge is 0.179 e. The Morgan fingerprint density at radius 3 is 2.27 bits per heavy atom. The Morgan fingerprint density at radius 1 is 1.08 bits per heavy atom. The highest BCUT2D eigenvalue weighted by Crippen LogP contribution is 2.44. The highest BCUT2D eigenvalue weighted by molar-refractivity contribution is 6.42. The van der Waals surface area contributed by atoms with Crippen molar-refractivity contribution < 1.29 is 29.3 Å². The average molecular weight is 556 g/mol. The number of aliphatic hydroxyl groups is 2. The number of halogens is 2. The van der Waals surface area contributed by atoms with E-state index in [0.29, 0.717) is 33.8 Å². The van der Waals surface area contributed by atoms with Gasteiger partial charge in [0.25, 0.3) is 0 Å². The Morgan fingerprint density at radius 2 is 1.73 bits per heavy atom. The number of methoxy groups -OCH3 is 1. The van der Waals surface area contributed by atoms with Crippen molar-refractivity contribution in [2.75, 3.05) is 32.2 Å². The summed E-state index contributed by atoms with van der Waals surface area (Å²) in [7, 11) is 1.62. The number of ether oxygens (including phenoxy) is 2. The van der Waals surface area contributed by atoms with Crippen molar-refractivity contribution in [2.45, 2.75) is 32.7 Å². The Bertz CT molecular complexity index is 1080. The molecule has 2 aromatic carbocycles. The van der Waals surface area contributed by atoms with E-state index >= 15 is 0 Å². The lowest BCUT2D eigenvalue weighted by Crippen LogP contribution is -2.17. The maximum absolute atomic E-state index is 8.00. The lowest BCUT2D eigenvalue weighted by atomic mass is 10.1. The SMILES string of the molecule is C=O.C=O.COc1cc(NC(C)CCCN)c2nccc(C)c2c1Oc1ccc(Cl)c(Cl)c1.OCCO. The Labute approximate surface area is 227 Å². The molecule has 37 heavy (non-hydrogen) atoms. The molecule has 3 aromatic rings. The molecule has 0 amide bonds. The van der Waals surface area contributed by atoms with E-state index in [9.17, 15) is 0 Å². The molecule has 9 nitrogen and oxygen atoms in total. The molecule has 1 atom stereocenters. The molecule has 0 aliphatic rings. The maximum Gasteiger partial charge on any atom is 0.179 e. The van der Waals surface area contributed by atoms with Crippen molar-refractivity contribution in [3.63, 3.8) is 0 Å². The molecule has 0 spiro atoms. The molecule has 3 rings (SSSR count). The quantitative estimate of drug-likeness (QED) is 0.292. The number of nitrogens with one attached hydrogen (secondary N) is 1. The number of nitrogens with two attached hydrogens (primary N) is 1. The van der Waals surface area contributed by atoms with Crippen LogP contribution in [-0.2, 0) is 9.59 Å². The van der Waals surface area contributed by atoms with Crippen LogP contribution in [-0.4, -0.2) is 61.7 Å². The number of hydrogen-bond acceptors (Lipinski definition) is 9. The minimum atomic E-state index is -0.125. The van der Waals surface area contributed by atoms with Crippen molar-refractivity contribution >= 4 is 53.4 Å². The van der Waals surface area contributed by atoms with Gasteiger partial charge in [-0.1, -0.05) is 23.2 Å². The Kier molecular flexibility index (Phi) is 17.7. The topological polar surface area (TPSA) is 144 Å². The normalized spacial score (nSPS) is 10.5. The van der Waals surface area contributed by atoms with E-state index in [4.69, 9.17) is 58.2 Å². The molecule has 11 heteroatoms. The summed E-state index contributed by atoms with van der Waals surface area (Å²) >= 11 is 12.2. The number of nitrogens with zero attached hydrogens (tertiary/aromatic N) is 1. The number of fused-ring (bicyclic) bond motifs is 1. The minimum Gasteiger partial charge on any atom is -0.493 e. The predicted molar refractivity (Wildman–Crippen MR) is 149 cm³/mol. The summed E-state index contributed by atoms with van der Waals surface area (Å²) in [5.41, 5.74) is 8.39. The molecule has 0 saturated carbocycles. The van der Waals surface area contributed by atoms with E-state index in [1.54, 1.807) is 31.5 Å². The molecule has 1 aromatic heterocycles. The van der Waals surface area contributed by atoms with Crippen molar-refractivity contribution in [3.8, 4) is 17.2 Å². The fraction of sp³-hybridized carbons (Fsp3) is 0.346. The molecular formula is C26H35Cl2N3O6. The third-order valence-corrected chi connectivity index (χ3v) is 5.55. The van der Waals surface area contributed by atoms with Crippen LogP contribution in [0.1, 0.15) is 25.3 Å². The number of aryl methyl sites for hydroxylation is 1. The molecular weight excluding hydrogens is 521 g/mol. The minimum absolute atomic E-state index is 0.125. The maximum atomic E-state index is 8.00. The lowest BCUT2D eigenvalue weighted by Gasteiger charge is -2.20. The number of anilines is 1. The van der Waals surface area contributed by atoms with Crippen LogP contribution < -0.4 is 20.5 Å². The number of pyridine rings is 1. The fourth-order valence-electron chi connectivity index (χ4n) is 3.22. The van der Waals surface area contributed by atoms with Gasteiger partial charge in [0.05, 0.1) is 47.0 Å². The molecule has 0 fully saturated rings. The van der Waals surface area contributed by atoms with Gasteiger partial charge >= 0.3 is 0 Å². The van der Waals surface area contributed by atoms with E-state index in [2.05, 4.69) is 17.2 Å². The van der Waals surface area contributed by atoms with Gasteiger partial charge in [0.1, 0.15) is 19.3 Å². The first kappa shape index (κ1) is 34.0. The lowest BCUT2D eigenvalue weighted by molar-refractivity contribution is -0.0987. The second-order valence-electron chi connectivity index (χ2n) is 7.41. The molecule has 0 saturated heterocycles. The van der Waals surface area contributed by atoms with Gasteiger partial charge in [-0.25, -0.2) is 0 Å². The summed E-state index contributed by atoms with van der Waals surface area (Å²) in [6.07, 6.45) is 3.71. The van der Waals surface area contributed by atoms with Crippen LogP contribution in [0, 0.1) is 6.92 Å². The number of carbonyl (C=O) groups is 2. The molecule has 0 aliphatic heterocycles. The summed E-state index contributed by atoms with van der Waals surface area (Å²) in [4.78, 5) is 20.6. The van der Waals surface area contributed by atoms with Crippen molar-refractivity contribution in [1.82, 2.24) is 4.98 Å². The second-order valence-corrected chi connectivity index (χ2v) is 8.22. The Hall–Kier alpha value is -2.95. The molecule has 0 radical (unpaired) electrons. The van der Waals surface area contributed by atoms with Gasteiger partial charge in [-0.2, -0.15) is 0 Å². The number of aliphatic hydroxyl groups excluding tert-OH is 2. The third-order valence-electron chi connectivity index (χ3n) is 4.81. The van der Waals surface area contributed by atoms with Gasteiger partial charge in [0.15, 0.2) is 11.5 Å². The van der Waals surface area contributed by atoms with Crippen LogP contribution in [0.15, 0.2) is 36.5 Å².